The Morgan fingerprint density at radius 3 is 2.47 bits per heavy atom. The van der Waals surface area contributed by atoms with Crippen molar-refractivity contribution in [2.24, 2.45) is 0 Å². The van der Waals surface area contributed by atoms with Crippen molar-refractivity contribution in [1.82, 2.24) is 4.98 Å². The molecule has 3 aromatic rings. The third-order valence-corrected chi connectivity index (χ3v) is 5.33. The van der Waals surface area contributed by atoms with Crippen molar-refractivity contribution in [2.75, 3.05) is 38.1 Å². The zero-order chi connectivity index (χ0) is 21.1. The molecule has 2 aromatic carbocycles. The quantitative estimate of drug-likeness (QED) is 0.581. The number of ether oxygens (including phenoxy) is 3. The van der Waals surface area contributed by atoms with E-state index < -0.39 is 6.35 Å². The van der Waals surface area contributed by atoms with Gasteiger partial charge in [0.05, 0.1) is 21.3 Å². The summed E-state index contributed by atoms with van der Waals surface area (Å²) >= 11 is 0. The summed E-state index contributed by atoms with van der Waals surface area (Å²) in [5.74, 6) is 2.92. The number of anilines is 2. The van der Waals surface area contributed by atoms with Gasteiger partial charge in [0.1, 0.15) is 11.6 Å². The second kappa shape index (κ2) is 8.51. The smallest absolute Gasteiger partial charge is 0.206 e. The Morgan fingerprint density at radius 1 is 1.00 bits per heavy atom. The molecule has 0 amide bonds. The van der Waals surface area contributed by atoms with Crippen molar-refractivity contribution in [1.29, 1.82) is 0 Å². The van der Waals surface area contributed by atoms with Gasteiger partial charge in [0.25, 0.3) is 0 Å². The van der Waals surface area contributed by atoms with Gasteiger partial charge in [0.2, 0.25) is 6.35 Å². The Morgan fingerprint density at radius 2 is 1.77 bits per heavy atom. The predicted octanol–water partition coefficient (Wildman–Crippen LogP) is 3.45. The number of pyridine rings is 1. The summed E-state index contributed by atoms with van der Waals surface area (Å²) in [6.45, 7) is 0.576. The number of benzene rings is 2. The summed E-state index contributed by atoms with van der Waals surface area (Å²) in [4.78, 5) is 6.39. The normalized spacial score (nSPS) is 16.0. The zero-order valence-corrected chi connectivity index (χ0v) is 17.2. The van der Waals surface area contributed by atoms with Crippen LogP contribution in [0.4, 0.5) is 11.5 Å². The molecule has 156 valence electrons. The Kier molecular flexibility index (Phi) is 5.63. The molecule has 0 fully saturated rings. The molecule has 1 aromatic heterocycles. The first-order valence-electron chi connectivity index (χ1n) is 9.66. The molecule has 1 aliphatic rings. The van der Waals surface area contributed by atoms with E-state index in [1.165, 1.54) is 0 Å². The molecule has 4 rings (SSSR count). The van der Waals surface area contributed by atoms with E-state index in [4.69, 9.17) is 14.2 Å². The molecule has 30 heavy (non-hydrogen) atoms. The summed E-state index contributed by atoms with van der Waals surface area (Å²) < 4.78 is 16.0. The zero-order valence-electron chi connectivity index (χ0n) is 17.2. The third kappa shape index (κ3) is 3.71. The molecule has 7 heteroatoms. The molecule has 0 radical (unpaired) electrons. The van der Waals surface area contributed by atoms with Crippen LogP contribution in [0.15, 0.2) is 60.8 Å². The molecule has 1 aliphatic heterocycles. The molecule has 0 bridgehead atoms. The van der Waals surface area contributed by atoms with Gasteiger partial charge in [0, 0.05) is 29.9 Å². The lowest BCUT2D eigenvalue weighted by atomic mass is 9.94. The second-order valence-electron chi connectivity index (χ2n) is 6.98. The van der Waals surface area contributed by atoms with Crippen LogP contribution in [0.1, 0.15) is 17.0 Å². The van der Waals surface area contributed by atoms with Crippen molar-refractivity contribution in [2.45, 2.75) is 12.3 Å². The summed E-state index contributed by atoms with van der Waals surface area (Å²) in [5.41, 5.74) is 2.91. The highest BCUT2D eigenvalue weighted by Crippen LogP contribution is 2.41. The second-order valence-corrected chi connectivity index (χ2v) is 6.98. The van der Waals surface area contributed by atoms with Gasteiger partial charge in [-0.25, -0.2) is 4.98 Å². The number of hydrogen-bond acceptors (Lipinski definition) is 7. The predicted molar refractivity (Wildman–Crippen MR) is 116 cm³/mol. The fraction of sp³-hybridized carbons (Fsp3) is 0.261. The number of nitrogens with zero attached hydrogens (tertiary/aromatic N) is 2. The number of aromatic nitrogens is 1. The number of aliphatic hydroxyl groups is 1. The van der Waals surface area contributed by atoms with Gasteiger partial charge in [-0.3, -0.25) is 0 Å². The third-order valence-electron chi connectivity index (χ3n) is 5.33. The number of nitrogens with one attached hydrogen (secondary N) is 1. The minimum absolute atomic E-state index is 0.0424. The summed E-state index contributed by atoms with van der Waals surface area (Å²) in [6, 6.07) is 17.3. The highest BCUT2D eigenvalue weighted by atomic mass is 16.5. The Labute approximate surface area is 175 Å². The van der Waals surface area contributed by atoms with E-state index in [1.807, 2.05) is 59.5 Å². The van der Waals surface area contributed by atoms with E-state index in [1.54, 1.807) is 27.5 Å². The summed E-state index contributed by atoms with van der Waals surface area (Å²) in [5, 5.41) is 14.1. The first kappa shape index (κ1) is 19.8. The molecule has 0 spiro atoms. The molecule has 0 saturated heterocycles. The van der Waals surface area contributed by atoms with Crippen molar-refractivity contribution >= 4 is 11.5 Å². The van der Waals surface area contributed by atoms with Crippen molar-refractivity contribution in [3.8, 4) is 17.2 Å². The maximum absolute atomic E-state index is 10.9. The van der Waals surface area contributed by atoms with Crippen molar-refractivity contribution in [3.63, 3.8) is 0 Å². The van der Waals surface area contributed by atoms with Crippen LogP contribution in [0.3, 0.4) is 0 Å². The number of aliphatic hydroxyl groups excluding tert-OH is 1. The van der Waals surface area contributed by atoms with Crippen LogP contribution in [0.2, 0.25) is 0 Å². The van der Waals surface area contributed by atoms with E-state index in [2.05, 4.69) is 10.3 Å². The van der Waals surface area contributed by atoms with Crippen LogP contribution < -0.4 is 24.4 Å². The first-order chi connectivity index (χ1) is 14.6. The Balaban J connectivity index is 1.60. The highest BCUT2D eigenvalue weighted by Gasteiger charge is 2.34. The van der Waals surface area contributed by atoms with Crippen molar-refractivity contribution in [3.05, 3.63) is 71.9 Å². The molecule has 0 aliphatic carbocycles. The average Bonchev–Trinajstić information content (AvgIpc) is 3.19. The van der Waals surface area contributed by atoms with E-state index in [9.17, 15) is 5.11 Å². The number of hydrogen-bond donors (Lipinski definition) is 2. The minimum Gasteiger partial charge on any atom is -0.497 e. The molecule has 0 saturated carbocycles. The van der Waals surface area contributed by atoms with Gasteiger partial charge in [-0.1, -0.05) is 12.1 Å². The molecule has 2 heterocycles. The van der Waals surface area contributed by atoms with E-state index in [-0.39, 0.29) is 5.92 Å². The monoisotopic (exact) mass is 407 g/mol. The number of rotatable bonds is 7. The largest absolute Gasteiger partial charge is 0.497 e. The molecule has 2 unspecified atom stereocenters. The van der Waals surface area contributed by atoms with Gasteiger partial charge in [0.15, 0.2) is 11.5 Å². The van der Waals surface area contributed by atoms with E-state index in [0.29, 0.717) is 18.0 Å². The van der Waals surface area contributed by atoms with Crippen LogP contribution in [0.25, 0.3) is 0 Å². The lowest BCUT2D eigenvalue weighted by Crippen LogP contribution is -2.40. The molecular formula is C23H25N3O4. The minimum atomic E-state index is -0.933. The molecule has 7 nitrogen and oxygen atoms in total. The Hall–Kier alpha value is -3.45. The van der Waals surface area contributed by atoms with Crippen molar-refractivity contribution < 1.29 is 19.3 Å². The molecule has 2 N–H and O–H groups in total. The molecular weight excluding hydrogens is 382 g/mol. The fourth-order valence-electron chi connectivity index (χ4n) is 3.79. The first-order valence-corrected chi connectivity index (χ1v) is 9.66. The summed E-state index contributed by atoms with van der Waals surface area (Å²) in [6.07, 6.45) is 0.806. The lowest BCUT2D eigenvalue weighted by molar-refractivity contribution is 0.198. The van der Waals surface area contributed by atoms with Gasteiger partial charge in [-0.05, 0) is 48.0 Å². The standard InChI is InChI=1S/C23H25N3O4/c1-28-17-9-7-16(8-10-17)25-23(27)26-14-19(18-5-4-12-24-22(18)26)15-6-11-20(29-2)21(13-15)30-3/h4-13,19,23,25,27H,14H2,1-3H3. The summed E-state index contributed by atoms with van der Waals surface area (Å²) in [7, 11) is 4.87. The topological polar surface area (TPSA) is 76.1 Å². The number of fused-ring (bicyclic) bond motifs is 1. The van der Waals surface area contributed by atoms with Crippen LogP contribution in [-0.2, 0) is 0 Å². The van der Waals surface area contributed by atoms with Crippen LogP contribution in [0, 0.1) is 0 Å². The van der Waals surface area contributed by atoms with Crippen LogP contribution in [0.5, 0.6) is 17.2 Å². The van der Waals surface area contributed by atoms with E-state index in [0.717, 1.165) is 28.4 Å². The van der Waals surface area contributed by atoms with Gasteiger partial charge >= 0.3 is 0 Å². The van der Waals surface area contributed by atoms with Gasteiger partial charge in [-0.2, -0.15) is 0 Å². The SMILES string of the molecule is COc1ccc(NC(O)N2CC(c3ccc(OC)c(OC)c3)c3cccnc32)cc1. The van der Waals surface area contributed by atoms with Crippen LogP contribution in [-0.4, -0.2) is 44.3 Å². The van der Waals surface area contributed by atoms with Crippen LogP contribution >= 0.6 is 0 Å². The van der Waals surface area contributed by atoms with E-state index >= 15 is 0 Å². The lowest BCUT2D eigenvalue weighted by Gasteiger charge is -2.27. The highest BCUT2D eigenvalue weighted by molar-refractivity contribution is 5.61. The maximum atomic E-state index is 10.9. The van der Waals surface area contributed by atoms with Gasteiger partial charge in [-0.15, -0.1) is 0 Å². The average molecular weight is 407 g/mol. The number of methoxy groups -OCH3 is 3. The maximum Gasteiger partial charge on any atom is 0.206 e. The van der Waals surface area contributed by atoms with Gasteiger partial charge < -0.3 is 29.5 Å². The fourth-order valence-corrected chi connectivity index (χ4v) is 3.79. The Bertz CT molecular complexity index is 1010. The molecule has 2 atom stereocenters.